The zero-order valence-electron chi connectivity index (χ0n) is 13.8. The van der Waals surface area contributed by atoms with E-state index in [1.807, 2.05) is 24.3 Å². The number of anilines is 2. The van der Waals surface area contributed by atoms with Gasteiger partial charge in [-0.1, -0.05) is 19.2 Å². The van der Waals surface area contributed by atoms with Gasteiger partial charge in [0.05, 0.1) is 11.1 Å². The minimum atomic E-state index is 0. The van der Waals surface area contributed by atoms with Gasteiger partial charge in [0.15, 0.2) is 13.1 Å². The van der Waals surface area contributed by atoms with Crippen molar-refractivity contribution < 1.29 is 43.2 Å². The molecule has 8 nitrogen and oxygen atoms in total. The third kappa shape index (κ3) is 3.87. The molecule has 0 amide bonds. The Morgan fingerprint density at radius 3 is 1.69 bits per heavy atom. The molecule has 0 aliphatic heterocycles. The van der Waals surface area contributed by atoms with Crippen molar-refractivity contribution in [2.75, 3.05) is 11.5 Å². The van der Waals surface area contributed by atoms with Gasteiger partial charge in [0, 0.05) is 0 Å². The van der Waals surface area contributed by atoms with Gasteiger partial charge >= 0.3 is 23.2 Å². The van der Waals surface area contributed by atoms with E-state index in [0.29, 0.717) is 24.5 Å². The summed E-state index contributed by atoms with van der Waals surface area (Å²) in [5, 5.41) is 7.82. The molecule has 0 atom stereocenters. The molecule has 2 aromatic heterocycles. The van der Waals surface area contributed by atoms with Crippen LogP contribution in [-0.2, 0) is 13.1 Å². The van der Waals surface area contributed by atoms with Gasteiger partial charge in [0.25, 0.3) is 0 Å². The third-order valence-corrected chi connectivity index (χ3v) is 3.47. The number of halogens is 2. The van der Waals surface area contributed by atoms with Crippen LogP contribution in [0.15, 0.2) is 58.6 Å². The number of aromatic nitrogens is 4. The van der Waals surface area contributed by atoms with E-state index in [2.05, 4.69) is 23.7 Å². The van der Waals surface area contributed by atoms with Crippen LogP contribution in [0.4, 0.5) is 11.8 Å². The zero-order chi connectivity index (χ0) is 17.1. The number of allylic oxidation sites excluding steroid dienone is 2. The number of nitrogen functional groups attached to an aromatic ring is 2. The number of hydrogen-bond donors (Lipinski definition) is 2. The Labute approximate surface area is 162 Å². The molecule has 4 N–H and O–H groups in total. The Hall–Kier alpha value is -2.84. The van der Waals surface area contributed by atoms with Crippen molar-refractivity contribution in [3.8, 4) is 22.5 Å². The lowest BCUT2D eigenvalue weighted by Crippen LogP contribution is -3.00. The van der Waals surface area contributed by atoms with Crippen LogP contribution in [0.2, 0.25) is 0 Å². The molecule has 0 spiro atoms. The Bertz CT molecular complexity index is 837. The van der Waals surface area contributed by atoms with E-state index in [0.717, 1.165) is 11.1 Å². The summed E-state index contributed by atoms with van der Waals surface area (Å²) in [5.41, 5.74) is 14.8. The highest BCUT2D eigenvalue weighted by Gasteiger charge is 2.27. The summed E-state index contributed by atoms with van der Waals surface area (Å²) in [7, 11) is 0. The number of hydrogen-bond acceptors (Lipinski definition) is 6. The average molecular weight is 397 g/mol. The van der Waals surface area contributed by atoms with Crippen molar-refractivity contribution in [2.24, 2.45) is 0 Å². The molecular formula is C16H18Cl2N6O2. The fourth-order valence-corrected chi connectivity index (χ4v) is 2.50. The molecule has 0 radical (unpaired) electrons. The summed E-state index contributed by atoms with van der Waals surface area (Å²) >= 11 is 0. The molecule has 2 heterocycles. The highest BCUT2D eigenvalue weighted by Crippen LogP contribution is 2.28. The molecule has 26 heavy (non-hydrogen) atoms. The number of benzene rings is 1. The van der Waals surface area contributed by atoms with Crippen molar-refractivity contribution in [3.05, 3.63) is 49.6 Å². The average Bonchev–Trinajstić information content (AvgIpc) is 3.11. The topological polar surface area (TPSA) is 112 Å². The molecule has 3 rings (SSSR count). The van der Waals surface area contributed by atoms with Crippen LogP contribution in [0.25, 0.3) is 22.5 Å². The highest BCUT2D eigenvalue weighted by atomic mass is 35.5. The second-order valence-electron chi connectivity index (χ2n) is 5.09. The first-order valence-corrected chi connectivity index (χ1v) is 7.28. The van der Waals surface area contributed by atoms with Crippen molar-refractivity contribution in [1.82, 2.24) is 10.5 Å². The van der Waals surface area contributed by atoms with E-state index in [1.165, 1.54) is 0 Å². The van der Waals surface area contributed by atoms with Crippen molar-refractivity contribution in [1.29, 1.82) is 0 Å². The molecule has 0 unspecified atom stereocenters. The summed E-state index contributed by atoms with van der Waals surface area (Å²) in [6.07, 6.45) is 3.43. The van der Waals surface area contributed by atoms with Gasteiger partial charge in [-0.25, -0.2) is 0 Å². The normalized spacial score (nSPS) is 9.85. The predicted molar refractivity (Wildman–Crippen MR) is 87.0 cm³/mol. The summed E-state index contributed by atoms with van der Waals surface area (Å²) in [6, 6.07) is 7.63. The molecule has 10 heteroatoms. The Morgan fingerprint density at radius 1 is 0.885 bits per heavy atom. The number of nitrogens with zero attached hydrogens (tertiary/aromatic N) is 4. The van der Waals surface area contributed by atoms with Gasteiger partial charge < -0.3 is 36.3 Å². The van der Waals surface area contributed by atoms with Crippen molar-refractivity contribution in [3.63, 3.8) is 0 Å². The molecule has 0 aliphatic carbocycles. The van der Waals surface area contributed by atoms with Gasteiger partial charge in [-0.15, -0.1) is 0 Å². The van der Waals surface area contributed by atoms with Crippen LogP contribution in [0.5, 0.6) is 0 Å². The second-order valence-corrected chi connectivity index (χ2v) is 5.09. The third-order valence-electron chi connectivity index (χ3n) is 3.47. The maximum absolute atomic E-state index is 5.92. The van der Waals surface area contributed by atoms with E-state index in [9.17, 15) is 0 Å². The van der Waals surface area contributed by atoms with Crippen LogP contribution in [-0.4, -0.2) is 10.5 Å². The minimum absolute atomic E-state index is 0. The molecule has 0 saturated heterocycles. The van der Waals surface area contributed by atoms with E-state index >= 15 is 0 Å². The van der Waals surface area contributed by atoms with E-state index in [4.69, 9.17) is 20.5 Å². The van der Waals surface area contributed by atoms with Gasteiger partial charge in [0.1, 0.15) is 0 Å². The predicted octanol–water partition coefficient (Wildman–Crippen LogP) is -4.88. The minimum Gasteiger partial charge on any atom is -1.00 e. The quantitative estimate of drug-likeness (QED) is 0.319. The SMILES string of the molecule is C=CC[n+]1noc(N)c1-c1cccc(-c2c(N)on[n+]2CC=C)c1.[Cl-].[Cl-]. The molecule has 3 aromatic rings. The summed E-state index contributed by atoms with van der Waals surface area (Å²) in [6.45, 7) is 8.37. The lowest BCUT2D eigenvalue weighted by molar-refractivity contribution is -0.744. The van der Waals surface area contributed by atoms with E-state index in [-0.39, 0.29) is 36.6 Å². The largest absolute Gasteiger partial charge is 1.00 e. The number of rotatable bonds is 6. The Kier molecular flexibility index (Phi) is 7.36. The summed E-state index contributed by atoms with van der Waals surface area (Å²) in [5.74, 6) is 0.456. The van der Waals surface area contributed by atoms with Crippen LogP contribution in [0.3, 0.4) is 0 Å². The van der Waals surface area contributed by atoms with Gasteiger partial charge in [-0.3, -0.25) is 9.05 Å². The molecule has 0 bridgehead atoms. The highest BCUT2D eigenvalue weighted by molar-refractivity contribution is 5.74. The Balaban J connectivity index is 0.00000169. The zero-order valence-corrected chi connectivity index (χ0v) is 15.3. The first kappa shape index (κ1) is 21.2. The van der Waals surface area contributed by atoms with Crippen molar-refractivity contribution >= 4 is 11.8 Å². The summed E-state index contributed by atoms with van der Waals surface area (Å²) < 4.78 is 13.4. The van der Waals surface area contributed by atoms with Crippen LogP contribution in [0.1, 0.15) is 0 Å². The first-order valence-electron chi connectivity index (χ1n) is 7.28. The maximum atomic E-state index is 5.92. The number of nitrogens with two attached hydrogens (primary N) is 2. The molecule has 1 aromatic carbocycles. The smallest absolute Gasteiger partial charge is 0.305 e. The fourth-order valence-electron chi connectivity index (χ4n) is 2.50. The van der Waals surface area contributed by atoms with Crippen LogP contribution in [0, 0.1) is 0 Å². The lowest BCUT2D eigenvalue weighted by atomic mass is 10.1. The standard InChI is InChI=1S/C16H18N6O2.2ClH/c1-3-8-21-13(15(17)23-19-21)11-6-5-7-12(10-11)14-16(18)24-20-22(14)9-4-2;;/h3-7,10H,1-2,8-9,17-18H2;2*1H/q+2;;/p-2. The van der Waals surface area contributed by atoms with Crippen LogP contribution < -0.4 is 45.6 Å². The van der Waals surface area contributed by atoms with Crippen LogP contribution >= 0.6 is 0 Å². The lowest BCUT2D eigenvalue weighted by Gasteiger charge is -1.99. The molecule has 0 aliphatic rings. The maximum Gasteiger partial charge on any atom is 0.305 e. The fraction of sp³-hybridized carbons (Fsp3) is 0.125. The molecular weight excluding hydrogens is 379 g/mol. The van der Waals surface area contributed by atoms with Gasteiger partial charge in [-0.05, 0) is 39.7 Å². The van der Waals surface area contributed by atoms with Gasteiger partial charge in [0.2, 0.25) is 10.5 Å². The Morgan fingerprint density at radius 2 is 1.31 bits per heavy atom. The summed E-state index contributed by atoms with van der Waals surface area (Å²) in [4.78, 5) is 0. The second kappa shape index (κ2) is 9.02. The van der Waals surface area contributed by atoms with Gasteiger partial charge in [-0.2, -0.15) is 0 Å². The monoisotopic (exact) mass is 396 g/mol. The van der Waals surface area contributed by atoms with E-state index < -0.39 is 0 Å². The molecule has 0 saturated carbocycles. The first-order chi connectivity index (χ1) is 11.7. The van der Waals surface area contributed by atoms with Crippen molar-refractivity contribution in [2.45, 2.75) is 13.1 Å². The molecule has 0 fully saturated rings. The molecule has 138 valence electrons. The van der Waals surface area contributed by atoms with E-state index in [1.54, 1.807) is 21.5 Å².